The molecular weight excluding hydrogens is 294 g/mol. The van der Waals surface area contributed by atoms with Crippen molar-refractivity contribution in [3.05, 3.63) is 24.3 Å². The second-order valence-corrected chi connectivity index (χ2v) is 4.83. The molecule has 0 spiro atoms. The largest absolute Gasteiger partial charge is 0.491 e. The van der Waals surface area contributed by atoms with E-state index in [1.807, 2.05) is 24.3 Å². The highest BCUT2D eigenvalue weighted by Gasteiger charge is 2.06. The van der Waals surface area contributed by atoms with Gasteiger partial charge in [-0.2, -0.15) is 0 Å². The Morgan fingerprint density at radius 3 is 2.83 bits per heavy atom. The highest BCUT2D eigenvalue weighted by atomic mass is 79.9. The quantitative estimate of drug-likeness (QED) is 0.582. The molecule has 1 aromatic rings. The van der Waals surface area contributed by atoms with Gasteiger partial charge in [0.1, 0.15) is 5.75 Å². The van der Waals surface area contributed by atoms with E-state index >= 15 is 0 Å². The first-order valence-corrected chi connectivity index (χ1v) is 7.47. The van der Waals surface area contributed by atoms with Crippen LogP contribution in [0, 0.1) is 0 Å². The topological polar surface area (TPSA) is 38.3 Å². The highest BCUT2D eigenvalue weighted by molar-refractivity contribution is 9.09. The predicted octanol–water partition coefficient (Wildman–Crippen LogP) is 3.98. The average molecular weight is 314 g/mol. The summed E-state index contributed by atoms with van der Waals surface area (Å²) in [4.78, 5) is 11.7. The van der Waals surface area contributed by atoms with E-state index in [0.717, 1.165) is 36.0 Å². The maximum atomic E-state index is 11.7. The maximum Gasteiger partial charge on any atom is 0.224 e. The summed E-state index contributed by atoms with van der Waals surface area (Å²) in [5, 5.41) is 3.84. The van der Waals surface area contributed by atoms with Crippen molar-refractivity contribution in [2.45, 2.75) is 32.6 Å². The summed E-state index contributed by atoms with van der Waals surface area (Å²) >= 11 is 3.35. The zero-order chi connectivity index (χ0) is 13.2. The minimum atomic E-state index is 0.0449. The summed E-state index contributed by atoms with van der Waals surface area (Å²) in [5.74, 6) is 0.789. The maximum absolute atomic E-state index is 11.7. The molecule has 0 fully saturated rings. The number of rotatable bonds is 8. The Labute approximate surface area is 117 Å². The Bertz CT molecular complexity index is 369. The summed E-state index contributed by atoms with van der Waals surface area (Å²) in [6, 6.07) is 7.55. The average Bonchev–Trinajstić information content (AvgIpc) is 2.38. The second-order valence-electron chi connectivity index (χ2n) is 4.04. The van der Waals surface area contributed by atoms with E-state index in [-0.39, 0.29) is 5.91 Å². The SMILES string of the molecule is CCCOc1ccccc1NC(=O)CCCCBr. The van der Waals surface area contributed by atoms with Gasteiger partial charge in [-0.1, -0.05) is 35.0 Å². The fourth-order valence-corrected chi connectivity index (χ4v) is 1.90. The van der Waals surface area contributed by atoms with Gasteiger partial charge in [-0.15, -0.1) is 0 Å². The third-order valence-electron chi connectivity index (χ3n) is 2.41. The molecule has 18 heavy (non-hydrogen) atoms. The highest BCUT2D eigenvalue weighted by Crippen LogP contribution is 2.24. The fraction of sp³-hybridized carbons (Fsp3) is 0.500. The van der Waals surface area contributed by atoms with Crippen LogP contribution in [0.25, 0.3) is 0 Å². The lowest BCUT2D eigenvalue weighted by atomic mass is 10.2. The Balaban J connectivity index is 2.51. The van der Waals surface area contributed by atoms with Crippen LogP contribution in [-0.2, 0) is 4.79 Å². The van der Waals surface area contributed by atoms with E-state index < -0.39 is 0 Å². The van der Waals surface area contributed by atoms with E-state index in [4.69, 9.17) is 4.74 Å². The number of amides is 1. The number of hydrogen-bond acceptors (Lipinski definition) is 2. The van der Waals surface area contributed by atoms with Gasteiger partial charge >= 0.3 is 0 Å². The van der Waals surface area contributed by atoms with Crippen LogP contribution < -0.4 is 10.1 Å². The van der Waals surface area contributed by atoms with Gasteiger partial charge in [0.2, 0.25) is 5.91 Å². The van der Waals surface area contributed by atoms with Crippen molar-refractivity contribution in [1.29, 1.82) is 0 Å². The zero-order valence-electron chi connectivity index (χ0n) is 10.7. The van der Waals surface area contributed by atoms with Crippen molar-refractivity contribution in [3.8, 4) is 5.75 Å². The van der Waals surface area contributed by atoms with Crippen LogP contribution in [0.1, 0.15) is 32.6 Å². The molecule has 0 saturated carbocycles. The monoisotopic (exact) mass is 313 g/mol. The Morgan fingerprint density at radius 1 is 1.33 bits per heavy atom. The van der Waals surface area contributed by atoms with Gasteiger partial charge in [0.15, 0.2) is 0 Å². The molecule has 0 aliphatic carbocycles. The fourth-order valence-electron chi connectivity index (χ4n) is 1.50. The van der Waals surface area contributed by atoms with Crippen LogP contribution in [0.5, 0.6) is 5.75 Å². The van der Waals surface area contributed by atoms with Gasteiger partial charge in [0.25, 0.3) is 0 Å². The first-order valence-electron chi connectivity index (χ1n) is 6.35. The van der Waals surface area contributed by atoms with E-state index in [0.29, 0.717) is 13.0 Å². The summed E-state index contributed by atoms with van der Waals surface area (Å²) in [6.07, 6.45) is 3.41. The number of alkyl halides is 1. The van der Waals surface area contributed by atoms with Crippen LogP contribution in [0.15, 0.2) is 24.3 Å². The molecule has 3 nitrogen and oxygen atoms in total. The van der Waals surface area contributed by atoms with Crippen LogP contribution in [0.4, 0.5) is 5.69 Å². The first-order chi connectivity index (χ1) is 8.77. The Hall–Kier alpha value is -1.03. The van der Waals surface area contributed by atoms with Crippen molar-refractivity contribution >= 4 is 27.5 Å². The van der Waals surface area contributed by atoms with Gasteiger partial charge in [-0.3, -0.25) is 4.79 Å². The molecule has 0 aliphatic rings. The Kier molecular flexibility index (Phi) is 7.49. The normalized spacial score (nSPS) is 10.1. The summed E-state index contributed by atoms with van der Waals surface area (Å²) in [5.41, 5.74) is 0.759. The molecule has 0 aromatic heterocycles. The van der Waals surface area contributed by atoms with Crippen LogP contribution in [0.3, 0.4) is 0 Å². The zero-order valence-corrected chi connectivity index (χ0v) is 12.3. The summed E-state index contributed by atoms with van der Waals surface area (Å²) in [7, 11) is 0. The van der Waals surface area contributed by atoms with Crippen molar-refractivity contribution in [2.75, 3.05) is 17.3 Å². The molecule has 0 saturated heterocycles. The van der Waals surface area contributed by atoms with Gasteiger partial charge in [0.05, 0.1) is 12.3 Å². The lowest BCUT2D eigenvalue weighted by Crippen LogP contribution is -2.12. The molecule has 0 aliphatic heterocycles. The van der Waals surface area contributed by atoms with Crippen LogP contribution >= 0.6 is 15.9 Å². The lowest BCUT2D eigenvalue weighted by Gasteiger charge is -2.11. The Morgan fingerprint density at radius 2 is 2.11 bits per heavy atom. The minimum absolute atomic E-state index is 0.0449. The van der Waals surface area contributed by atoms with Gasteiger partial charge < -0.3 is 10.1 Å². The molecule has 0 radical (unpaired) electrons. The van der Waals surface area contributed by atoms with Gasteiger partial charge in [-0.05, 0) is 31.4 Å². The predicted molar refractivity (Wildman–Crippen MR) is 78.5 cm³/mol. The number of carbonyl (C=O) groups excluding carboxylic acids is 1. The number of benzene rings is 1. The van der Waals surface area contributed by atoms with Gasteiger partial charge in [0, 0.05) is 11.8 Å². The van der Waals surface area contributed by atoms with Gasteiger partial charge in [-0.25, -0.2) is 0 Å². The smallest absolute Gasteiger partial charge is 0.224 e. The van der Waals surface area contributed by atoms with Crippen LogP contribution in [0.2, 0.25) is 0 Å². The van der Waals surface area contributed by atoms with E-state index in [9.17, 15) is 4.79 Å². The van der Waals surface area contributed by atoms with Crippen molar-refractivity contribution < 1.29 is 9.53 Å². The van der Waals surface area contributed by atoms with E-state index in [1.54, 1.807) is 0 Å². The van der Waals surface area contributed by atoms with E-state index in [1.165, 1.54) is 0 Å². The summed E-state index contributed by atoms with van der Waals surface area (Å²) < 4.78 is 5.59. The number of anilines is 1. The minimum Gasteiger partial charge on any atom is -0.491 e. The van der Waals surface area contributed by atoms with Crippen molar-refractivity contribution in [1.82, 2.24) is 0 Å². The number of nitrogens with one attached hydrogen (secondary N) is 1. The molecule has 1 N–H and O–H groups in total. The van der Waals surface area contributed by atoms with E-state index in [2.05, 4.69) is 28.2 Å². The number of carbonyl (C=O) groups is 1. The standard InChI is InChI=1S/C14H20BrNO2/c1-2-11-18-13-8-4-3-7-12(13)16-14(17)9-5-6-10-15/h3-4,7-8H,2,5-6,9-11H2,1H3,(H,16,17). The number of para-hydroxylation sites is 2. The molecule has 0 bridgehead atoms. The molecule has 1 amide bonds. The molecule has 1 aromatic carbocycles. The second kappa shape index (κ2) is 8.97. The first kappa shape index (κ1) is 15.0. The third-order valence-corrected chi connectivity index (χ3v) is 2.97. The molecule has 100 valence electrons. The van der Waals surface area contributed by atoms with Crippen LogP contribution in [-0.4, -0.2) is 17.8 Å². The molecule has 0 heterocycles. The third kappa shape index (κ3) is 5.54. The number of hydrogen-bond donors (Lipinski definition) is 1. The molecule has 4 heteroatoms. The van der Waals surface area contributed by atoms with Crippen molar-refractivity contribution in [2.24, 2.45) is 0 Å². The molecule has 0 atom stereocenters. The number of ether oxygens (including phenoxy) is 1. The molecule has 0 unspecified atom stereocenters. The lowest BCUT2D eigenvalue weighted by molar-refractivity contribution is -0.116. The number of halogens is 1. The molecule has 1 rings (SSSR count). The molecular formula is C14H20BrNO2. The number of unbranched alkanes of at least 4 members (excludes halogenated alkanes) is 1. The summed E-state index contributed by atoms with van der Waals surface area (Å²) in [6.45, 7) is 2.72. The van der Waals surface area contributed by atoms with Crippen molar-refractivity contribution in [3.63, 3.8) is 0 Å².